The number of aliphatic imine (C=N–C) groups is 1. The van der Waals surface area contributed by atoms with Crippen LogP contribution < -0.4 is 10.6 Å². The number of hydrogen-bond acceptors (Lipinski definition) is 3. The van der Waals surface area contributed by atoms with Crippen molar-refractivity contribution in [1.82, 2.24) is 20.4 Å². The third-order valence-electron chi connectivity index (χ3n) is 6.10. The number of rotatable bonds is 6. The van der Waals surface area contributed by atoms with Crippen LogP contribution in [0.25, 0.3) is 0 Å². The molecule has 6 heteroatoms. The number of hydrogen-bond donors (Lipinski definition) is 2. The van der Waals surface area contributed by atoms with E-state index in [-0.39, 0.29) is 5.91 Å². The van der Waals surface area contributed by atoms with Crippen LogP contribution in [0.15, 0.2) is 35.3 Å². The smallest absolute Gasteiger partial charge is 0.220 e. The molecule has 2 aliphatic rings. The Morgan fingerprint density at radius 3 is 2.43 bits per heavy atom. The summed E-state index contributed by atoms with van der Waals surface area (Å²) in [5.74, 6) is 1.62. The van der Waals surface area contributed by atoms with E-state index in [9.17, 15) is 4.79 Å². The zero-order valence-corrected chi connectivity index (χ0v) is 17.4. The molecule has 2 N–H and O–H groups in total. The second kappa shape index (κ2) is 10.5. The van der Waals surface area contributed by atoms with Crippen LogP contribution in [0.1, 0.15) is 43.7 Å². The molecule has 2 aliphatic heterocycles. The van der Waals surface area contributed by atoms with E-state index < -0.39 is 0 Å². The lowest BCUT2D eigenvalue weighted by atomic mass is 9.93. The highest BCUT2D eigenvalue weighted by molar-refractivity contribution is 5.80. The molecule has 3 rings (SSSR count). The predicted molar refractivity (Wildman–Crippen MR) is 114 cm³/mol. The van der Waals surface area contributed by atoms with Gasteiger partial charge >= 0.3 is 0 Å². The topological polar surface area (TPSA) is 60.0 Å². The molecule has 0 radical (unpaired) electrons. The van der Waals surface area contributed by atoms with Crippen molar-refractivity contribution in [3.63, 3.8) is 0 Å². The van der Waals surface area contributed by atoms with Crippen LogP contribution in [0.2, 0.25) is 0 Å². The van der Waals surface area contributed by atoms with Crippen molar-refractivity contribution in [2.24, 2.45) is 10.9 Å². The molecule has 1 unspecified atom stereocenters. The molecule has 2 fully saturated rings. The van der Waals surface area contributed by atoms with Crippen molar-refractivity contribution in [3.05, 3.63) is 35.9 Å². The number of nitrogens with zero attached hydrogens (tertiary/aromatic N) is 3. The Hall–Kier alpha value is -2.08. The molecule has 0 spiro atoms. The maximum absolute atomic E-state index is 11.6. The normalized spacial score (nSPS) is 20.2. The zero-order chi connectivity index (χ0) is 19.8. The van der Waals surface area contributed by atoms with Crippen molar-refractivity contribution in [2.45, 2.75) is 38.1 Å². The van der Waals surface area contributed by atoms with E-state index in [2.05, 4.69) is 55.8 Å². The monoisotopic (exact) mass is 385 g/mol. The minimum absolute atomic E-state index is 0.150. The minimum Gasteiger partial charge on any atom is -0.359 e. The Morgan fingerprint density at radius 1 is 1.14 bits per heavy atom. The van der Waals surface area contributed by atoms with Gasteiger partial charge in [0.05, 0.1) is 6.04 Å². The Kier molecular flexibility index (Phi) is 7.71. The Bertz CT molecular complexity index is 634. The molecule has 6 nitrogen and oxygen atoms in total. The van der Waals surface area contributed by atoms with Gasteiger partial charge in [0.1, 0.15) is 0 Å². The average Bonchev–Trinajstić information content (AvgIpc) is 3.27. The van der Waals surface area contributed by atoms with E-state index in [1.165, 1.54) is 31.5 Å². The molecular weight excluding hydrogens is 350 g/mol. The first-order valence-electron chi connectivity index (χ1n) is 10.7. The van der Waals surface area contributed by atoms with Gasteiger partial charge in [-0.2, -0.15) is 0 Å². The van der Waals surface area contributed by atoms with Crippen molar-refractivity contribution >= 4 is 11.9 Å². The molecule has 0 aromatic heterocycles. The van der Waals surface area contributed by atoms with Crippen molar-refractivity contribution in [2.75, 3.05) is 46.8 Å². The Balaban J connectivity index is 1.56. The maximum Gasteiger partial charge on any atom is 0.220 e. The van der Waals surface area contributed by atoms with Crippen LogP contribution in [-0.2, 0) is 4.79 Å². The first-order chi connectivity index (χ1) is 13.7. The molecule has 0 bridgehead atoms. The number of nitrogens with one attached hydrogen (secondary N) is 2. The number of carbonyl (C=O) groups is 1. The molecule has 0 aliphatic carbocycles. The van der Waals surface area contributed by atoms with Gasteiger partial charge in [-0.3, -0.25) is 14.7 Å². The summed E-state index contributed by atoms with van der Waals surface area (Å²) in [7, 11) is 3.58. The predicted octanol–water partition coefficient (Wildman–Crippen LogP) is 2.25. The van der Waals surface area contributed by atoms with Gasteiger partial charge in [-0.05, 0) is 50.3 Å². The van der Waals surface area contributed by atoms with E-state index in [1.54, 1.807) is 7.05 Å². The zero-order valence-electron chi connectivity index (χ0n) is 17.4. The number of piperidine rings is 1. The molecule has 1 amide bonds. The highest BCUT2D eigenvalue weighted by Gasteiger charge is 2.26. The fourth-order valence-corrected chi connectivity index (χ4v) is 4.42. The third kappa shape index (κ3) is 5.47. The second-order valence-electron chi connectivity index (χ2n) is 7.91. The fourth-order valence-electron chi connectivity index (χ4n) is 4.42. The van der Waals surface area contributed by atoms with Crippen LogP contribution in [-0.4, -0.2) is 68.5 Å². The van der Waals surface area contributed by atoms with Gasteiger partial charge in [-0.1, -0.05) is 30.3 Å². The molecule has 1 atom stereocenters. The number of amides is 1. The molecule has 1 aromatic carbocycles. The lowest BCUT2D eigenvalue weighted by Crippen LogP contribution is -2.48. The summed E-state index contributed by atoms with van der Waals surface area (Å²) in [5, 5.41) is 6.38. The van der Waals surface area contributed by atoms with Gasteiger partial charge in [0, 0.05) is 40.2 Å². The van der Waals surface area contributed by atoms with E-state index in [4.69, 9.17) is 0 Å². The maximum atomic E-state index is 11.6. The SMILES string of the molecule is CN=C(NCC(c1ccccc1)N1CCCC1)N1CCC(CC(=O)NC)CC1. The second-order valence-corrected chi connectivity index (χ2v) is 7.91. The van der Waals surface area contributed by atoms with E-state index >= 15 is 0 Å². The molecule has 0 saturated carbocycles. The standard InChI is InChI=1S/C22H35N5O/c1-23-21(28)16-18-10-14-27(15-11-18)22(24-2)25-17-20(26-12-6-7-13-26)19-8-4-3-5-9-19/h3-5,8-9,18,20H,6-7,10-17H2,1-2H3,(H,23,28)(H,24,25). The van der Waals surface area contributed by atoms with Crippen LogP contribution in [0.4, 0.5) is 0 Å². The highest BCUT2D eigenvalue weighted by atomic mass is 16.1. The average molecular weight is 386 g/mol. The first-order valence-corrected chi connectivity index (χ1v) is 10.7. The van der Waals surface area contributed by atoms with Crippen LogP contribution in [0.3, 0.4) is 0 Å². The van der Waals surface area contributed by atoms with E-state index in [0.717, 1.165) is 38.4 Å². The van der Waals surface area contributed by atoms with Gasteiger partial charge in [-0.15, -0.1) is 0 Å². The number of likely N-dealkylation sites (tertiary alicyclic amines) is 2. The summed E-state index contributed by atoms with van der Waals surface area (Å²) in [4.78, 5) is 21.1. The minimum atomic E-state index is 0.150. The van der Waals surface area contributed by atoms with Crippen molar-refractivity contribution in [1.29, 1.82) is 0 Å². The number of carbonyl (C=O) groups excluding carboxylic acids is 1. The quantitative estimate of drug-likeness (QED) is 0.582. The first kappa shape index (κ1) is 20.6. The molecule has 28 heavy (non-hydrogen) atoms. The summed E-state index contributed by atoms with van der Waals surface area (Å²) in [6.07, 6.45) is 5.31. The summed E-state index contributed by atoms with van der Waals surface area (Å²) >= 11 is 0. The van der Waals surface area contributed by atoms with Gasteiger partial charge in [0.25, 0.3) is 0 Å². The number of benzene rings is 1. The Labute approximate surface area is 169 Å². The highest BCUT2D eigenvalue weighted by Crippen LogP contribution is 2.25. The molecular formula is C22H35N5O. The van der Waals surface area contributed by atoms with Crippen LogP contribution in [0, 0.1) is 5.92 Å². The molecule has 1 aromatic rings. The third-order valence-corrected chi connectivity index (χ3v) is 6.10. The number of guanidine groups is 1. The van der Waals surface area contributed by atoms with Crippen molar-refractivity contribution < 1.29 is 4.79 Å². The van der Waals surface area contributed by atoms with E-state index in [1.807, 2.05) is 7.05 Å². The van der Waals surface area contributed by atoms with Gasteiger partial charge in [-0.25, -0.2) is 0 Å². The Morgan fingerprint density at radius 2 is 1.82 bits per heavy atom. The lowest BCUT2D eigenvalue weighted by Gasteiger charge is -2.35. The summed E-state index contributed by atoms with van der Waals surface area (Å²) in [6.45, 7) is 5.13. The van der Waals surface area contributed by atoms with E-state index in [0.29, 0.717) is 18.4 Å². The summed E-state index contributed by atoms with van der Waals surface area (Å²) in [5.41, 5.74) is 1.37. The van der Waals surface area contributed by atoms with Gasteiger partial charge in [0.2, 0.25) is 5.91 Å². The summed E-state index contributed by atoms with van der Waals surface area (Å²) in [6, 6.07) is 11.2. The fraction of sp³-hybridized carbons (Fsp3) is 0.636. The largest absolute Gasteiger partial charge is 0.359 e. The van der Waals surface area contributed by atoms with Crippen LogP contribution >= 0.6 is 0 Å². The molecule has 154 valence electrons. The lowest BCUT2D eigenvalue weighted by molar-refractivity contribution is -0.121. The van der Waals surface area contributed by atoms with Crippen molar-refractivity contribution in [3.8, 4) is 0 Å². The summed E-state index contributed by atoms with van der Waals surface area (Å²) < 4.78 is 0. The van der Waals surface area contributed by atoms with Gasteiger partial charge < -0.3 is 15.5 Å². The van der Waals surface area contributed by atoms with Crippen LogP contribution in [0.5, 0.6) is 0 Å². The molecule has 2 heterocycles. The van der Waals surface area contributed by atoms with Gasteiger partial charge in [0.15, 0.2) is 5.96 Å². The molecule has 2 saturated heterocycles.